The maximum Gasteiger partial charge on any atom is 0.101 e. The first-order chi connectivity index (χ1) is 17.6. The summed E-state index contributed by atoms with van der Waals surface area (Å²) in [5.41, 5.74) is 7.41. The molecule has 0 amide bonds. The number of hydrogen-bond donors (Lipinski definition) is 2. The zero-order valence-corrected chi connectivity index (χ0v) is 20.1. The SMILES string of the molecule is Cc1nn(-c2ccc(C#N)c(N[C@H]3CC[C@H](O)CC3)c2)c2cccc(-c3cnc4ccccc4c3)c12. The number of aromatic nitrogens is 3. The van der Waals surface area contributed by atoms with Gasteiger partial charge in [0.15, 0.2) is 0 Å². The summed E-state index contributed by atoms with van der Waals surface area (Å²) < 4.78 is 1.96. The molecule has 0 atom stereocenters. The van der Waals surface area contributed by atoms with Gasteiger partial charge in [0.1, 0.15) is 6.07 Å². The van der Waals surface area contributed by atoms with Gasteiger partial charge in [-0.2, -0.15) is 10.4 Å². The first-order valence-corrected chi connectivity index (χ1v) is 12.4. The van der Waals surface area contributed by atoms with Gasteiger partial charge < -0.3 is 10.4 Å². The molecule has 2 N–H and O–H groups in total. The van der Waals surface area contributed by atoms with Gasteiger partial charge in [0, 0.05) is 28.6 Å². The molecule has 0 spiro atoms. The molecule has 3 aromatic carbocycles. The number of pyridine rings is 1. The summed E-state index contributed by atoms with van der Waals surface area (Å²) >= 11 is 0. The number of para-hydroxylation sites is 1. The number of aliphatic hydroxyl groups is 1. The van der Waals surface area contributed by atoms with Crippen LogP contribution in [0.3, 0.4) is 0 Å². The average Bonchev–Trinajstić information content (AvgIpc) is 3.26. The second-order valence-corrected chi connectivity index (χ2v) is 9.61. The van der Waals surface area contributed by atoms with E-state index in [2.05, 4.69) is 46.7 Å². The summed E-state index contributed by atoms with van der Waals surface area (Å²) in [5, 5.41) is 30.2. The molecule has 1 saturated carbocycles. The highest BCUT2D eigenvalue weighted by atomic mass is 16.3. The van der Waals surface area contributed by atoms with Crippen molar-refractivity contribution in [3.63, 3.8) is 0 Å². The summed E-state index contributed by atoms with van der Waals surface area (Å²) in [7, 11) is 0. The molecule has 178 valence electrons. The van der Waals surface area contributed by atoms with E-state index >= 15 is 0 Å². The van der Waals surface area contributed by atoms with Crippen molar-refractivity contribution < 1.29 is 5.11 Å². The minimum atomic E-state index is -0.213. The van der Waals surface area contributed by atoms with Crippen molar-refractivity contribution in [2.24, 2.45) is 0 Å². The van der Waals surface area contributed by atoms with Crippen LogP contribution >= 0.6 is 0 Å². The van der Waals surface area contributed by atoms with Crippen LogP contribution in [0, 0.1) is 18.3 Å². The van der Waals surface area contributed by atoms with Crippen LogP contribution in [0.25, 0.3) is 38.6 Å². The van der Waals surface area contributed by atoms with Gasteiger partial charge in [0.2, 0.25) is 0 Å². The van der Waals surface area contributed by atoms with Gasteiger partial charge in [-0.3, -0.25) is 4.98 Å². The van der Waals surface area contributed by atoms with Gasteiger partial charge in [-0.05, 0) is 74.6 Å². The Balaban J connectivity index is 1.42. The quantitative estimate of drug-likeness (QED) is 0.328. The number of nitriles is 1. The second-order valence-electron chi connectivity index (χ2n) is 9.61. The Bertz CT molecular complexity index is 1620. The molecular formula is C30H27N5O. The fourth-order valence-electron chi connectivity index (χ4n) is 5.33. The number of hydrogen-bond acceptors (Lipinski definition) is 5. The monoisotopic (exact) mass is 473 g/mol. The highest BCUT2D eigenvalue weighted by Gasteiger charge is 2.21. The Morgan fingerprint density at radius 3 is 2.67 bits per heavy atom. The van der Waals surface area contributed by atoms with Gasteiger partial charge >= 0.3 is 0 Å². The standard InChI is InChI=1S/C30H27N5O/c1-19-30-26(22-15-20-5-2-3-7-27(20)32-18-22)6-4-8-29(30)35(34-19)24-12-9-21(17-31)28(16-24)33-23-10-13-25(36)14-11-23/h2-9,12,15-16,18,23,25,33,36H,10-11,13-14H2,1H3/t23-,25-. The van der Waals surface area contributed by atoms with Crippen LogP contribution in [0.2, 0.25) is 0 Å². The third-order valence-electron chi connectivity index (χ3n) is 7.21. The Labute approximate surface area is 209 Å². The van der Waals surface area contributed by atoms with Crippen LogP contribution in [-0.2, 0) is 0 Å². The van der Waals surface area contributed by atoms with Crippen LogP contribution in [0.1, 0.15) is 36.9 Å². The fourth-order valence-corrected chi connectivity index (χ4v) is 5.33. The highest BCUT2D eigenvalue weighted by molar-refractivity contribution is 5.99. The van der Waals surface area contributed by atoms with E-state index in [1.165, 1.54) is 0 Å². The van der Waals surface area contributed by atoms with E-state index in [0.29, 0.717) is 5.56 Å². The van der Waals surface area contributed by atoms with Gasteiger partial charge in [-0.15, -0.1) is 0 Å². The number of nitrogens with one attached hydrogen (secondary N) is 1. The molecule has 0 aliphatic heterocycles. The Hall–Kier alpha value is -4.21. The van der Waals surface area contributed by atoms with E-state index < -0.39 is 0 Å². The van der Waals surface area contributed by atoms with E-state index in [1.54, 1.807) is 0 Å². The first kappa shape index (κ1) is 22.3. The van der Waals surface area contributed by atoms with Crippen molar-refractivity contribution in [3.8, 4) is 22.9 Å². The minimum absolute atomic E-state index is 0.213. The molecule has 0 radical (unpaired) electrons. The van der Waals surface area contributed by atoms with Crippen molar-refractivity contribution in [3.05, 3.63) is 84.2 Å². The zero-order chi connectivity index (χ0) is 24.6. The fraction of sp³-hybridized carbons (Fsp3) is 0.233. The lowest BCUT2D eigenvalue weighted by molar-refractivity contribution is 0.126. The Kier molecular flexibility index (Phi) is 5.63. The molecule has 36 heavy (non-hydrogen) atoms. The van der Waals surface area contributed by atoms with Gasteiger partial charge in [-0.1, -0.05) is 30.3 Å². The Morgan fingerprint density at radius 1 is 1.00 bits per heavy atom. The van der Waals surface area contributed by atoms with E-state index in [-0.39, 0.29) is 12.1 Å². The van der Waals surface area contributed by atoms with E-state index in [4.69, 9.17) is 5.10 Å². The third-order valence-corrected chi connectivity index (χ3v) is 7.21. The largest absolute Gasteiger partial charge is 0.393 e. The van der Waals surface area contributed by atoms with E-state index in [0.717, 1.165) is 75.7 Å². The van der Waals surface area contributed by atoms with Crippen molar-refractivity contribution in [1.82, 2.24) is 14.8 Å². The predicted molar refractivity (Wildman–Crippen MR) is 143 cm³/mol. The molecule has 2 aromatic heterocycles. The maximum atomic E-state index is 9.85. The van der Waals surface area contributed by atoms with Crippen LogP contribution in [0.4, 0.5) is 5.69 Å². The molecule has 0 bridgehead atoms. The lowest BCUT2D eigenvalue weighted by Gasteiger charge is -2.27. The first-order valence-electron chi connectivity index (χ1n) is 12.4. The van der Waals surface area contributed by atoms with Gasteiger partial charge in [0.25, 0.3) is 0 Å². The van der Waals surface area contributed by atoms with Gasteiger partial charge in [0.05, 0.1) is 39.8 Å². The molecule has 6 rings (SSSR count). The number of benzene rings is 3. The maximum absolute atomic E-state index is 9.85. The third kappa shape index (κ3) is 3.98. The van der Waals surface area contributed by atoms with Crippen LogP contribution in [-0.4, -0.2) is 32.0 Å². The molecule has 2 heterocycles. The zero-order valence-electron chi connectivity index (χ0n) is 20.1. The summed E-state index contributed by atoms with van der Waals surface area (Å²) in [6.45, 7) is 2.03. The Morgan fingerprint density at radius 2 is 1.83 bits per heavy atom. The van der Waals surface area contributed by atoms with Crippen molar-refractivity contribution in [2.75, 3.05) is 5.32 Å². The van der Waals surface area contributed by atoms with Crippen LogP contribution in [0.15, 0.2) is 72.9 Å². The second kappa shape index (κ2) is 9.10. The number of fused-ring (bicyclic) bond motifs is 2. The molecule has 1 fully saturated rings. The smallest absolute Gasteiger partial charge is 0.101 e. The lowest BCUT2D eigenvalue weighted by atomic mass is 9.93. The molecule has 0 saturated heterocycles. The molecule has 5 aromatic rings. The lowest BCUT2D eigenvalue weighted by Crippen LogP contribution is -2.28. The number of aryl methyl sites for hydroxylation is 1. The summed E-state index contributed by atoms with van der Waals surface area (Å²) in [6, 6.07) is 25.0. The molecule has 1 aliphatic carbocycles. The van der Waals surface area contributed by atoms with Crippen molar-refractivity contribution in [2.45, 2.75) is 44.8 Å². The highest BCUT2D eigenvalue weighted by Crippen LogP contribution is 2.34. The predicted octanol–water partition coefficient (Wildman–Crippen LogP) is 6.14. The average molecular weight is 474 g/mol. The minimum Gasteiger partial charge on any atom is -0.393 e. The molecule has 1 aliphatic rings. The molecule has 6 nitrogen and oxygen atoms in total. The number of rotatable bonds is 4. The summed E-state index contributed by atoms with van der Waals surface area (Å²) in [5.74, 6) is 0. The van der Waals surface area contributed by atoms with E-state index in [9.17, 15) is 10.4 Å². The summed E-state index contributed by atoms with van der Waals surface area (Å²) in [6.07, 6.45) is 5.07. The number of anilines is 1. The van der Waals surface area contributed by atoms with Crippen LogP contribution < -0.4 is 5.32 Å². The van der Waals surface area contributed by atoms with Crippen LogP contribution in [0.5, 0.6) is 0 Å². The molecular weight excluding hydrogens is 446 g/mol. The molecule has 0 unspecified atom stereocenters. The number of aliphatic hydroxyl groups excluding tert-OH is 1. The topological polar surface area (TPSA) is 86.8 Å². The summed E-state index contributed by atoms with van der Waals surface area (Å²) in [4.78, 5) is 4.67. The normalized spacial score (nSPS) is 17.8. The van der Waals surface area contributed by atoms with Crippen molar-refractivity contribution >= 4 is 27.5 Å². The molecule has 6 heteroatoms. The van der Waals surface area contributed by atoms with Crippen molar-refractivity contribution in [1.29, 1.82) is 5.26 Å². The number of nitrogens with zero attached hydrogens (tertiary/aromatic N) is 4. The van der Waals surface area contributed by atoms with Gasteiger partial charge in [-0.25, -0.2) is 4.68 Å². The van der Waals surface area contributed by atoms with E-state index in [1.807, 2.05) is 54.2 Å².